The number of ether oxygens (including phenoxy) is 2. The number of aliphatic hydroxyl groups excluding tert-OH is 1. The third-order valence-corrected chi connectivity index (χ3v) is 5.74. The van der Waals surface area contributed by atoms with Gasteiger partial charge >= 0.3 is 0 Å². The number of aryl methyl sites for hydroxylation is 1. The van der Waals surface area contributed by atoms with Gasteiger partial charge in [0.2, 0.25) is 0 Å². The Morgan fingerprint density at radius 3 is 2.38 bits per heavy atom. The van der Waals surface area contributed by atoms with Gasteiger partial charge in [0.15, 0.2) is 0 Å². The summed E-state index contributed by atoms with van der Waals surface area (Å²) in [6, 6.07) is 6.42. The van der Waals surface area contributed by atoms with Gasteiger partial charge in [-0.25, -0.2) is 0 Å². The van der Waals surface area contributed by atoms with Gasteiger partial charge in [-0.15, -0.1) is 0 Å². The molecular weight excluding hydrogens is 328 g/mol. The zero-order valence-electron chi connectivity index (χ0n) is 16.6. The first-order valence-corrected chi connectivity index (χ1v) is 9.83. The summed E-state index contributed by atoms with van der Waals surface area (Å²) >= 11 is 0. The van der Waals surface area contributed by atoms with E-state index in [0.29, 0.717) is 24.0 Å². The van der Waals surface area contributed by atoms with Crippen LogP contribution in [0.25, 0.3) is 0 Å². The Kier molecular flexibility index (Phi) is 6.56. The quantitative estimate of drug-likeness (QED) is 0.840. The van der Waals surface area contributed by atoms with E-state index in [1.165, 1.54) is 11.1 Å². The predicted octanol–water partition coefficient (Wildman–Crippen LogP) is 2.15. The standard InChI is InChI=1S/C21H34N2O3/c1-15-7-18(5-6-21(15)25-4)10-23-12-19(20(13-23)14-24)11-22-8-16(2)26-17(3)9-22/h5-7,16-17,19-20,24H,8-14H2,1-4H3/t16-,17+,19-,20-/m1/s1. The second-order valence-corrected chi connectivity index (χ2v) is 8.18. The number of rotatable bonds is 6. The molecule has 0 radical (unpaired) electrons. The van der Waals surface area contributed by atoms with E-state index in [4.69, 9.17) is 9.47 Å². The molecule has 4 atom stereocenters. The normalized spacial score (nSPS) is 30.7. The van der Waals surface area contributed by atoms with Crippen LogP contribution in [0, 0.1) is 18.8 Å². The molecular formula is C21H34N2O3. The molecule has 0 aromatic heterocycles. The molecule has 3 rings (SSSR count). The Labute approximate surface area is 157 Å². The lowest BCUT2D eigenvalue weighted by molar-refractivity contribution is -0.0727. The summed E-state index contributed by atoms with van der Waals surface area (Å²) in [5, 5.41) is 9.88. The number of nitrogens with zero attached hydrogens (tertiary/aromatic N) is 2. The molecule has 5 heteroatoms. The summed E-state index contributed by atoms with van der Waals surface area (Å²) in [5.74, 6) is 1.83. The average molecular weight is 363 g/mol. The fourth-order valence-electron chi connectivity index (χ4n) is 4.64. The van der Waals surface area contributed by atoms with Gasteiger partial charge in [0, 0.05) is 45.9 Å². The zero-order chi connectivity index (χ0) is 18.7. The second kappa shape index (κ2) is 8.70. The van der Waals surface area contributed by atoms with Gasteiger partial charge in [-0.2, -0.15) is 0 Å². The highest BCUT2D eigenvalue weighted by Gasteiger charge is 2.34. The Hall–Kier alpha value is -1.14. The zero-order valence-corrected chi connectivity index (χ0v) is 16.6. The maximum absolute atomic E-state index is 9.88. The van der Waals surface area contributed by atoms with E-state index >= 15 is 0 Å². The molecule has 0 spiro atoms. The molecule has 1 aromatic carbocycles. The van der Waals surface area contributed by atoms with Crippen LogP contribution in [0.2, 0.25) is 0 Å². The van der Waals surface area contributed by atoms with Crippen LogP contribution in [-0.2, 0) is 11.3 Å². The molecule has 0 amide bonds. The van der Waals surface area contributed by atoms with Crippen molar-refractivity contribution < 1.29 is 14.6 Å². The number of methoxy groups -OCH3 is 1. The van der Waals surface area contributed by atoms with E-state index in [2.05, 4.69) is 48.8 Å². The van der Waals surface area contributed by atoms with Gasteiger partial charge in [0.25, 0.3) is 0 Å². The van der Waals surface area contributed by atoms with E-state index < -0.39 is 0 Å². The molecule has 5 nitrogen and oxygen atoms in total. The maximum Gasteiger partial charge on any atom is 0.121 e. The summed E-state index contributed by atoms with van der Waals surface area (Å²) in [6.07, 6.45) is 0.595. The highest BCUT2D eigenvalue weighted by Crippen LogP contribution is 2.28. The van der Waals surface area contributed by atoms with Crippen LogP contribution in [-0.4, -0.2) is 73.6 Å². The SMILES string of the molecule is COc1ccc(CN2C[C@H](CO)[C@H](CN3C[C@@H](C)O[C@@H](C)C3)C2)cc1C. The van der Waals surface area contributed by atoms with Gasteiger partial charge in [-0.1, -0.05) is 12.1 Å². The summed E-state index contributed by atoms with van der Waals surface area (Å²) in [7, 11) is 1.71. The summed E-state index contributed by atoms with van der Waals surface area (Å²) < 4.78 is 11.2. The minimum Gasteiger partial charge on any atom is -0.496 e. The molecule has 1 aromatic rings. The first-order chi connectivity index (χ1) is 12.5. The lowest BCUT2D eigenvalue weighted by Gasteiger charge is -2.37. The maximum atomic E-state index is 9.88. The van der Waals surface area contributed by atoms with Crippen molar-refractivity contribution in [1.29, 1.82) is 0 Å². The number of hydrogen-bond donors (Lipinski definition) is 1. The first-order valence-electron chi connectivity index (χ1n) is 9.83. The van der Waals surface area contributed by atoms with Crippen LogP contribution < -0.4 is 4.74 Å². The van der Waals surface area contributed by atoms with Crippen LogP contribution in [0.5, 0.6) is 5.75 Å². The number of aliphatic hydroxyl groups is 1. The Bertz CT molecular complexity index is 585. The lowest BCUT2D eigenvalue weighted by Crippen LogP contribution is -2.48. The lowest BCUT2D eigenvalue weighted by atomic mass is 9.96. The Morgan fingerprint density at radius 2 is 1.77 bits per heavy atom. The monoisotopic (exact) mass is 362 g/mol. The van der Waals surface area contributed by atoms with Gasteiger partial charge in [-0.3, -0.25) is 9.80 Å². The van der Waals surface area contributed by atoms with Crippen LogP contribution in [0.1, 0.15) is 25.0 Å². The molecule has 0 unspecified atom stereocenters. The molecule has 2 heterocycles. The number of morpholine rings is 1. The molecule has 2 aliphatic rings. The van der Waals surface area contributed by atoms with Crippen molar-refractivity contribution >= 4 is 0 Å². The molecule has 1 N–H and O–H groups in total. The van der Waals surface area contributed by atoms with Gasteiger partial charge < -0.3 is 14.6 Å². The van der Waals surface area contributed by atoms with Crippen molar-refractivity contribution in [2.24, 2.45) is 11.8 Å². The van der Waals surface area contributed by atoms with Crippen molar-refractivity contribution in [3.8, 4) is 5.75 Å². The third kappa shape index (κ3) is 4.77. The second-order valence-electron chi connectivity index (χ2n) is 8.18. The van der Waals surface area contributed by atoms with Crippen molar-refractivity contribution in [2.45, 2.75) is 39.5 Å². The molecule has 2 aliphatic heterocycles. The van der Waals surface area contributed by atoms with Gasteiger partial charge in [-0.05, 0) is 49.8 Å². The highest BCUT2D eigenvalue weighted by atomic mass is 16.5. The molecule has 0 saturated carbocycles. The fraction of sp³-hybridized carbons (Fsp3) is 0.714. The number of likely N-dealkylation sites (tertiary alicyclic amines) is 1. The summed E-state index contributed by atoms with van der Waals surface area (Å²) in [6.45, 7) is 12.7. The molecule has 0 aliphatic carbocycles. The minimum absolute atomic E-state index is 0.276. The van der Waals surface area contributed by atoms with E-state index in [0.717, 1.165) is 45.0 Å². The average Bonchev–Trinajstić information content (AvgIpc) is 2.95. The molecule has 26 heavy (non-hydrogen) atoms. The Morgan fingerprint density at radius 1 is 1.08 bits per heavy atom. The first kappa shape index (κ1) is 19.6. The molecule has 146 valence electrons. The summed E-state index contributed by atoms with van der Waals surface area (Å²) in [4.78, 5) is 5.01. The van der Waals surface area contributed by atoms with E-state index in [9.17, 15) is 5.11 Å². The van der Waals surface area contributed by atoms with Crippen LogP contribution in [0.15, 0.2) is 18.2 Å². The van der Waals surface area contributed by atoms with Crippen LogP contribution in [0.4, 0.5) is 0 Å². The predicted molar refractivity (Wildman–Crippen MR) is 104 cm³/mol. The van der Waals surface area contributed by atoms with Crippen molar-refractivity contribution in [2.75, 3.05) is 46.4 Å². The van der Waals surface area contributed by atoms with Gasteiger partial charge in [0.05, 0.1) is 19.3 Å². The molecule has 2 fully saturated rings. The van der Waals surface area contributed by atoms with Crippen molar-refractivity contribution in [1.82, 2.24) is 9.80 Å². The van der Waals surface area contributed by atoms with E-state index in [-0.39, 0.29) is 6.61 Å². The molecule has 0 bridgehead atoms. The van der Waals surface area contributed by atoms with E-state index in [1.807, 2.05) is 0 Å². The number of benzene rings is 1. The summed E-state index contributed by atoms with van der Waals surface area (Å²) in [5.41, 5.74) is 2.49. The van der Waals surface area contributed by atoms with Crippen LogP contribution >= 0.6 is 0 Å². The highest BCUT2D eigenvalue weighted by molar-refractivity contribution is 5.36. The van der Waals surface area contributed by atoms with Crippen molar-refractivity contribution in [3.63, 3.8) is 0 Å². The third-order valence-electron chi connectivity index (χ3n) is 5.74. The van der Waals surface area contributed by atoms with Gasteiger partial charge in [0.1, 0.15) is 5.75 Å². The molecule has 2 saturated heterocycles. The fourth-order valence-corrected chi connectivity index (χ4v) is 4.64. The topological polar surface area (TPSA) is 45.2 Å². The van der Waals surface area contributed by atoms with Crippen molar-refractivity contribution in [3.05, 3.63) is 29.3 Å². The van der Waals surface area contributed by atoms with Crippen LogP contribution in [0.3, 0.4) is 0 Å². The largest absolute Gasteiger partial charge is 0.496 e. The van der Waals surface area contributed by atoms with E-state index in [1.54, 1.807) is 7.11 Å². The smallest absolute Gasteiger partial charge is 0.121 e. The Balaban J connectivity index is 1.59. The number of hydrogen-bond acceptors (Lipinski definition) is 5. The minimum atomic E-state index is 0.276.